The van der Waals surface area contributed by atoms with Crippen LogP contribution in [0.3, 0.4) is 0 Å². The second kappa shape index (κ2) is 7.32. The zero-order chi connectivity index (χ0) is 12.0. The molecule has 1 aliphatic carbocycles. The summed E-state index contributed by atoms with van der Waals surface area (Å²) in [5, 5.41) is 0. The van der Waals surface area contributed by atoms with Crippen LogP contribution in [0.4, 0.5) is 0 Å². The van der Waals surface area contributed by atoms with E-state index >= 15 is 0 Å². The van der Waals surface area contributed by atoms with Gasteiger partial charge in [-0.15, -0.1) is 0 Å². The molecule has 1 rings (SSSR count). The quantitative estimate of drug-likeness (QED) is 0.610. The summed E-state index contributed by atoms with van der Waals surface area (Å²) in [5.74, 6) is 2.98. The van der Waals surface area contributed by atoms with Gasteiger partial charge in [-0.05, 0) is 43.4 Å². The molecule has 1 heteroatoms. The molecule has 4 atom stereocenters. The van der Waals surface area contributed by atoms with Crippen molar-refractivity contribution >= 4 is 0 Å². The minimum absolute atomic E-state index is 0.472. The third-order valence-electron chi connectivity index (χ3n) is 4.57. The van der Waals surface area contributed by atoms with Gasteiger partial charge in [-0.1, -0.05) is 46.5 Å². The Morgan fingerprint density at radius 3 is 2.50 bits per heavy atom. The van der Waals surface area contributed by atoms with Gasteiger partial charge in [0.1, 0.15) is 0 Å². The normalized spacial score (nSPS) is 31.1. The Morgan fingerprint density at radius 1 is 1.19 bits per heavy atom. The standard InChI is InChI=1S/C15H31N/c1-4-6-7-8-14(16)10-9-13-11-12(3)15(13)5-2/h12-15H,4-11,16H2,1-3H3. The van der Waals surface area contributed by atoms with Gasteiger partial charge < -0.3 is 5.73 Å². The zero-order valence-corrected chi connectivity index (χ0v) is 11.5. The van der Waals surface area contributed by atoms with Crippen molar-refractivity contribution in [2.24, 2.45) is 23.5 Å². The lowest BCUT2D eigenvalue weighted by Gasteiger charge is -2.43. The number of rotatable bonds is 8. The van der Waals surface area contributed by atoms with Gasteiger partial charge in [0.05, 0.1) is 0 Å². The van der Waals surface area contributed by atoms with Crippen molar-refractivity contribution < 1.29 is 0 Å². The van der Waals surface area contributed by atoms with Crippen molar-refractivity contribution in [3.8, 4) is 0 Å². The summed E-state index contributed by atoms with van der Waals surface area (Å²) in [6.45, 7) is 7.01. The van der Waals surface area contributed by atoms with Crippen LogP contribution in [0.2, 0.25) is 0 Å². The molecular formula is C15H31N. The van der Waals surface area contributed by atoms with Gasteiger partial charge in [-0.2, -0.15) is 0 Å². The minimum atomic E-state index is 0.472. The predicted molar refractivity (Wildman–Crippen MR) is 72.4 cm³/mol. The number of nitrogens with two attached hydrogens (primary N) is 1. The fraction of sp³-hybridized carbons (Fsp3) is 1.00. The van der Waals surface area contributed by atoms with Crippen LogP contribution in [0.5, 0.6) is 0 Å². The van der Waals surface area contributed by atoms with E-state index in [4.69, 9.17) is 5.73 Å². The van der Waals surface area contributed by atoms with E-state index in [2.05, 4.69) is 20.8 Å². The Labute approximate surface area is 102 Å². The highest BCUT2D eigenvalue weighted by Crippen LogP contribution is 2.44. The lowest BCUT2D eigenvalue weighted by molar-refractivity contribution is 0.0708. The fourth-order valence-electron chi connectivity index (χ4n) is 3.39. The monoisotopic (exact) mass is 225 g/mol. The summed E-state index contributed by atoms with van der Waals surface area (Å²) in [5.41, 5.74) is 6.16. The van der Waals surface area contributed by atoms with Gasteiger partial charge in [0.25, 0.3) is 0 Å². The molecule has 0 spiro atoms. The first-order chi connectivity index (χ1) is 7.69. The van der Waals surface area contributed by atoms with E-state index in [1.807, 2.05) is 0 Å². The molecule has 0 bridgehead atoms. The zero-order valence-electron chi connectivity index (χ0n) is 11.5. The summed E-state index contributed by atoms with van der Waals surface area (Å²) in [7, 11) is 0. The van der Waals surface area contributed by atoms with Crippen molar-refractivity contribution in [2.45, 2.75) is 78.2 Å². The smallest absolute Gasteiger partial charge is 0.00389 e. The van der Waals surface area contributed by atoms with Crippen molar-refractivity contribution in [1.29, 1.82) is 0 Å². The topological polar surface area (TPSA) is 26.0 Å². The second-order valence-corrected chi connectivity index (χ2v) is 5.88. The maximum Gasteiger partial charge on any atom is 0.00389 e. The molecule has 1 fully saturated rings. The Balaban J connectivity index is 2.05. The minimum Gasteiger partial charge on any atom is -0.328 e. The first-order valence-electron chi connectivity index (χ1n) is 7.44. The summed E-state index contributed by atoms with van der Waals surface area (Å²) in [4.78, 5) is 0. The van der Waals surface area contributed by atoms with Crippen molar-refractivity contribution in [1.82, 2.24) is 0 Å². The van der Waals surface area contributed by atoms with E-state index in [0.29, 0.717) is 6.04 Å². The third-order valence-corrected chi connectivity index (χ3v) is 4.57. The molecule has 0 aromatic carbocycles. The largest absolute Gasteiger partial charge is 0.328 e. The Kier molecular flexibility index (Phi) is 6.41. The van der Waals surface area contributed by atoms with Crippen LogP contribution in [0.25, 0.3) is 0 Å². The molecular weight excluding hydrogens is 194 g/mol. The summed E-state index contributed by atoms with van der Waals surface area (Å²) < 4.78 is 0. The maximum absolute atomic E-state index is 6.16. The number of hydrogen-bond donors (Lipinski definition) is 1. The van der Waals surface area contributed by atoms with Gasteiger partial charge in [0, 0.05) is 6.04 Å². The van der Waals surface area contributed by atoms with Gasteiger partial charge in [-0.25, -0.2) is 0 Å². The van der Waals surface area contributed by atoms with Crippen LogP contribution in [-0.4, -0.2) is 6.04 Å². The SMILES string of the molecule is CCCCCC(N)CCC1CC(C)C1CC. The van der Waals surface area contributed by atoms with Crippen LogP contribution in [0, 0.1) is 17.8 Å². The van der Waals surface area contributed by atoms with E-state index in [9.17, 15) is 0 Å². The molecule has 0 amide bonds. The van der Waals surface area contributed by atoms with Gasteiger partial charge in [-0.3, -0.25) is 0 Å². The highest BCUT2D eigenvalue weighted by atomic mass is 14.6. The third kappa shape index (κ3) is 4.08. The average Bonchev–Trinajstić information content (AvgIpc) is 2.24. The average molecular weight is 225 g/mol. The van der Waals surface area contributed by atoms with E-state index in [1.165, 1.54) is 51.4 Å². The van der Waals surface area contributed by atoms with E-state index in [0.717, 1.165) is 17.8 Å². The van der Waals surface area contributed by atoms with E-state index in [1.54, 1.807) is 0 Å². The molecule has 0 saturated heterocycles. The molecule has 2 N–H and O–H groups in total. The molecule has 0 radical (unpaired) electrons. The molecule has 0 aromatic heterocycles. The first kappa shape index (κ1) is 14.0. The van der Waals surface area contributed by atoms with Crippen LogP contribution in [0.1, 0.15) is 72.1 Å². The molecule has 1 nitrogen and oxygen atoms in total. The van der Waals surface area contributed by atoms with Crippen LogP contribution >= 0.6 is 0 Å². The van der Waals surface area contributed by atoms with Crippen molar-refractivity contribution in [3.63, 3.8) is 0 Å². The lowest BCUT2D eigenvalue weighted by Crippen LogP contribution is -2.35. The van der Waals surface area contributed by atoms with E-state index < -0.39 is 0 Å². The molecule has 1 saturated carbocycles. The summed E-state index contributed by atoms with van der Waals surface area (Å²) in [6, 6.07) is 0.472. The van der Waals surface area contributed by atoms with Crippen LogP contribution in [-0.2, 0) is 0 Å². The highest BCUT2D eigenvalue weighted by Gasteiger charge is 2.35. The fourth-order valence-corrected chi connectivity index (χ4v) is 3.39. The molecule has 0 heterocycles. The molecule has 0 aliphatic heterocycles. The van der Waals surface area contributed by atoms with Crippen LogP contribution < -0.4 is 5.73 Å². The second-order valence-electron chi connectivity index (χ2n) is 5.88. The summed E-state index contributed by atoms with van der Waals surface area (Å²) >= 11 is 0. The Hall–Kier alpha value is -0.0400. The molecule has 1 aliphatic rings. The Morgan fingerprint density at radius 2 is 1.94 bits per heavy atom. The van der Waals surface area contributed by atoms with Gasteiger partial charge >= 0.3 is 0 Å². The van der Waals surface area contributed by atoms with E-state index in [-0.39, 0.29) is 0 Å². The van der Waals surface area contributed by atoms with Crippen LogP contribution in [0.15, 0.2) is 0 Å². The van der Waals surface area contributed by atoms with Gasteiger partial charge in [0.15, 0.2) is 0 Å². The molecule has 4 unspecified atom stereocenters. The molecule has 96 valence electrons. The summed E-state index contributed by atoms with van der Waals surface area (Å²) in [6.07, 6.45) is 10.7. The predicted octanol–water partition coefficient (Wildman–Crippen LogP) is 4.36. The van der Waals surface area contributed by atoms with Crippen molar-refractivity contribution in [2.75, 3.05) is 0 Å². The maximum atomic E-state index is 6.16. The first-order valence-corrected chi connectivity index (χ1v) is 7.44. The van der Waals surface area contributed by atoms with Crippen molar-refractivity contribution in [3.05, 3.63) is 0 Å². The molecule has 0 aromatic rings. The number of hydrogen-bond acceptors (Lipinski definition) is 1. The highest BCUT2D eigenvalue weighted by molar-refractivity contribution is 4.86. The lowest BCUT2D eigenvalue weighted by atomic mass is 9.62. The Bertz CT molecular complexity index is 178. The molecule has 16 heavy (non-hydrogen) atoms. The van der Waals surface area contributed by atoms with Gasteiger partial charge in [0.2, 0.25) is 0 Å². The number of unbranched alkanes of at least 4 members (excludes halogenated alkanes) is 2.